The van der Waals surface area contributed by atoms with Gasteiger partial charge in [-0.05, 0) is 46.5 Å². The zero-order valence-electron chi connectivity index (χ0n) is 12.2. The Bertz CT molecular complexity index is 254. The third-order valence-corrected chi connectivity index (χ3v) is 3.89. The maximum atomic E-state index is 12.2. The summed E-state index contributed by atoms with van der Waals surface area (Å²) in [5.41, 5.74) is 0. The van der Waals surface area contributed by atoms with Crippen molar-refractivity contribution >= 4 is 5.91 Å². The zero-order chi connectivity index (χ0) is 13.5. The van der Waals surface area contributed by atoms with Crippen molar-refractivity contribution in [2.24, 2.45) is 0 Å². The van der Waals surface area contributed by atoms with E-state index in [1.807, 2.05) is 25.7 Å². The fourth-order valence-electron chi connectivity index (χ4n) is 2.74. The van der Waals surface area contributed by atoms with Crippen molar-refractivity contribution in [1.29, 1.82) is 0 Å². The Labute approximate surface area is 111 Å². The van der Waals surface area contributed by atoms with Crippen molar-refractivity contribution < 1.29 is 9.53 Å². The van der Waals surface area contributed by atoms with Gasteiger partial charge in [0.15, 0.2) is 0 Å². The molecule has 1 aliphatic carbocycles. The molecule has 18 heavy (non-hydrogen) atoms. The summed E-state index contributed by atoms with van der Waals surface area (Å²) in [5.74, 6) is 0.208. The molecular formula is C14H28N2O2. The van der Waals surface area contributed by atoms with Crippen molar-refractivity contribution in [3.63, 3.8) is 0 Å². The van der Waals surface area contributed by atoms with Crippen LogP contribution < -0.4 is 5.32 Å². The molecule has 1 amide bonds. The highest BCUT2D eigenvalue weighted by atomic mass is 16.5. The van der Waals surface area contributed by atoms with Gasteiger partial charge in [-0.15, -0.1) is 0 Å². The second-order valence-corrected chi connectivity index (χ2v) is 5.12. The van der Waals surface area contributed by atoms with E-state index in [2.05, 4.69) is 5.32 Å². The Morgan fingerprint density at radius 2 is 2.06 bits per heavy atom. The first-order valence-corrected chi connectivity index (χ1v) is 7.19. The van der Waals surface area contributed by atoms with Crippen LogP contribution in [0.15, 0.2) is 0 Å². The summed E-state index contributed by atoms with van der Waals surface area (Å²) in [5, 5.41) is 3.46. The van der Waals surface area contributed by atoms with E-state index in [4.69, 9.17) is 4.74 Å². The van der Waals surface area contributed by atoms with E-state index in [-0.39, 0.29) is 11.9 Å². The second kappa shape index (κ2) is 7.74. The van der Waals surface area contributed by atoms with Gasteiger partial charge in [0, 0.05) is 26.2 Å². The van der Waals surface area contributed by atoms with Gasteiger partial charge in [-0.3, -0.25) is 4.79 Å². The van der Waals surface area contributed by atoms with Crippen molar-refractivity contribution in [2.75, 3.05) is 20.2 Å². The van der Waals surface area contributed by atoms with Crippen LogP contribution in [0.25, 0.3) is 0 Å². The lowest BCUT2D eigenvalue weighted by Gasteiger charge is -2.32. The number of carbonyl (C=O) groups is 1. The Balaban J connectivity index is 2.43. The summed E-state index contributed by atoms with van der Waals surface area (Å²) in [6.07, 6.45) is 4.85. The fourth-order valence-corrected chi connectivity index (χ4v) is 2.74. The quantitative estimate of drug-likeness (QED) is 0.788. The first kappa shape index (κ1) is 15.4. The minimum absolute atomic E-state index is 0.0921. The molecule has 1 fully saturated rings. The fraction of sp³-hybridized carbons (Fsp3) is 0.929. The summed E-state index contributed by atoms with van der Waals surface area (Å²) in [4.78, 5) is 14.0. The minimum Gasteiger partial charge on any atom is -0.381 e. The topological polar surface area (TPSA) is 41.6 Å². The van der Waals surface area contributed by atoms with Crippen LogP contribution in [-0.4, -0.2) is 49.2 Å². The molecule has 1 aliphatic rings. The van der Waals surface area contributed by atoms with Gasteiger partial charge in [-0.25, -0.2) is 0 Å². The van der Waals surface area contributed by atoms with Gasteiger partial charge in [-0.1, -0.05) is 0 Å². The Morgan fingerprint density at radius 3 is 2.61 bits per heavy atom. The lowest BCUT2D eigenvalue weighted by Crippen LogP contribution is -2.49. The molecule has 3 atom stereocenters. The summed E-state index contributed by atoms with van der Waals surface area (Å²) in [6.45, 7) is 7.59. The van der Waals surface area contributed by atoms with Crippen LogP contribution in [-0.2, 0) is 9.53 Å². The first-order chi connectivity index (χ1) is 8.62. The van der Waals surface area contributed by atoms with Gasteiger partial charge < -0.3 is 15.0 Å². The second-order valence-electron chi connectivity index (χ2n) is 5.12. The predicted octanol–water partition coefficient (Wildman–Crippen LogP) is 1.79. The number of nitrogens with one attached hydrogen (secondary N) is 1. The minimum atomic E-state index is -0.0921. The molecule has 0 aromatic rings. The summed E-state index contributed by atoms with van der Waals surface area (Å²) in [7, 11) is 1.78. The molecule has 3 unspecified atom stereocenters. The van der Waals surface area contributed by atoms with Crippen LogP contribution in [0.2, 0.25) is 0 Å². The molecule has 1 saturated carbocycles. The molecule has 106 valence electrons. The normalized spacial score (nSPS) is 25.8. The highest BCUT2D eigenvalue weighted by Crippen LogP contribution is 2.21. The molecule has 0 heterocycles. The van der Waals surface area contributed by atoms with E-state index in [9.17, 15) is 4.79 Å². The predicted molar refractivity (Wildman–Crippen MR) is 73.6 cm³/mol. The Kier molecular flexibility index (Phi) is 6.65. The monoisotopic (exact) mass is 256 g/mol. The van der Waals surface area contributed by atoms with Gasteiger partial charge in [0.1, 0.15) is 0 Å². The van der Waals surface area contributed by atoms with Crippen molar-refractivity contribution in [3.05, 3.63) is 0 Å². The number of methoxy groups -OCH3 is 1. The maximum absolute atomic E-state index is 12.2. The van der Waals surface area contributed by atoms with Crippen LogP contribution in [0.5, 0.6) is 0 Å². The van der Waals surface area contributed by atoms with Gasteiger partial charge in [0.2, 0.25) is 5.91 Å². The number of hydrogen-bond donors (Lipinski definition) is 1. The van der Waals surface area contributed by atoms with Crippen LogP contribution in [0, 0.1) is 0 Å². The third kappa shape index (κ3) is 4.25. The Morgan fingerprint density at radius 1 is 1.39 bits per heavy atom. The lowest BCUT2D eigenvalue weighted by atomic mass is 9.92. The molecule has 0 bridgehead atoms. The number of hydrogen-bond acceptors (Lipinski definition) is 3. The molecule has 0 spiro atoms. The van der Waals surface area contributed by atoms with E-state index in [1.54, 1.807) is 7.11 Å². The van der Waals surface area contributed by atoms with Gasteiger partial charge in [0.05, 0.1) is 12.1 Å². The van der Waals surface area contributed by atoms with E-state index in [1.165, 1.54) is 6.42 Å². The lowest BCUT2D eigenvalue weighted by molar-refractivity contribution is -0.133. The number of nitrogens with zero attached hydrogens (tertiary/aromatic N) is 1. The average Bonchev–Trinajstić information content (AvgIpc) is 2.40. The maximum Gasteiger partial charge on any atom is 0.239 e. The van der Waals surface area contributed by atoms with Gasteiger partial charge in [-0.2, -0.15) is 0 Å². The first-order valence-electron chi connectivity index (χ1n) is 7.19. The van der Waals surface area contributed by atoms with Crippen molar-refractivity contribution in [3.8, 4) is 0 Å². The summed E-state index contributed by atoms with van der Waals surface area (Å²) < 4.78 is 5.42. The molecular weight excluding hydrogens is 228 g/mol. The van der Waals surface area contributed by atoms with E-state index in [0.717, 1.165) is 32.4 Å². The zero-order valence-corrected chi connectivity index (χ0v) is 12.2. The summed E-state index contributed by atoms with van der Waals surface area (Å²) >= 11 is 0. The standard InChI is InChI=1S/C14H28N2O2/c1-5-16(6-2)14(17)11(3)15-12-8-7-9-13(10-12)18-4/h11-13,15H,5-10H2,1-4H3. The largest absolute Gasteiger partial charge is 0.381 e. The van der Waals surface area contributed by atoms with Gasteiger partial charge in [0.25, 0.3) is 0 Å². The molecule has 1 rings (SSSR count). The Hall–Kier alpha value is -0.610. The molecule has 1 N–H and O–H groups in total. The molecule has 0 aromatic carbocycles. The highest BCUT2D eigenvalue weighted by molar-refractivity contribution is 5.81. The number of likely N-dealkylation sites (N-methyl/N-ethyl adjacent to an activating group) is 1. The van der Waals surface area contributed by atoms with Crippen LogP contribution in [0.4, 0.5) is 0 Å². The SMILES string of the molecule is CCN(CC)C(=O)C(C)NC1CCCC(OC)C1. The van der Waals surface area contributed by atoms with Crippen molar-refractivity contribution in [1.82, 2.24) is 10.2 Å². The number of ether oxygens (including phenoxy) is 1. The van der Waals surface area contributed by atoms with Crippen LogP contribution >= 0.6 is 0 Å². The molecule has 0 aliphatic heterocycles. The third-order valence-electron chi connectivity index (χ3n) is 3.89. The number of amides is 1. The molecule has 4 heteroatoms. The smallest absolute Gasteiger partial charge is 0.239 e. The van der Waals surface area contributed by atoms with Crippen LogP contribution in [0.1, 0.15) is 46.5 Å². The summed E-state index contributed by atoms with van der Waals surface area (Å²) in [6, 6.07) is 0.323. The van der Waals surface area contributed by atoms with E-state index >= 15 is 0 Å². The molecule has 0 radical (unpaired) electrons. The highest BCUT2D eigenvalue weighted by Gasteiger charge is 2.26. The number of carbonyl (C=O) groups excluding carboxylic acids is 1. The van der Waals surface area contributed by atoms with E-state index < -0.39 is 0 Å². The average molecular weight is 256 g/mol. The van der Waals surface area contributed by atoms with E-state index in [0.29, 0.717) is 12.1 Å². The van der Waals surface area contributed by atoms with Gasteiger partial charge >= 0.3 is 0 Å². The molecule has 0 aromatic heterocycles. The van der Waals surface area contributed by atoms with Crippen molar-refractivity contribution in [2.45, 2.75) is 64.6 Å². The molecule has 4 nitrogen and oxygen atoms in total. The molecule has 0 saturated heterocycles. The number of rotatable bonds is 6. The van der Waals surface area contributed by atoms with Crippen LogP contribution in [0.3, 0.4) is 0 Å².